The second kappa shape index (κ2) is 9.14. The Kier molecular flexibility index (Phi) is 5.92. The summed E-state index contributed by atoms with van der Waals surface area (Å²) in [5, 5.41) is 5.94. The Morgan fingerprint density at radius 2 is 1.84 bits per heavy atom. The lowest BCUT2D eigenvalue weighted by Gasteiger charge is -2.34. The minimum absolute atomic E-state index is 0.206. The number of aromatic nitrogens is 3. The maximum Gasteiger partial charge on any atom is 0.241 e. The fourth-order valence-electron chi connectivity index (χ4n) is 4.12. The summed E-state index contributed by atoms with van der Waals surface area (Å²) in [5.74, 6) is 1.34. The van der Waals surface area contributed by atoms with Crippen LogP contribution in [0.2, 0.25) is 5.02 Å². The third kappa shape index (κ3) is 4.54. The quantitative estimate of drug-likeness (QED) is 0.478. The van der Waals surface area contributed by atoms with E-state index in [1.54, 1.807) is 0 Å². The second-order valence-corrected chi connectivity index (χ2v) is 8.47. The fourth-order valence-corrected chi connectivity index (χ4v) is 4.25. The highest BCUT2D eigenvalue weighted by Gasteiger charge is 2.22. The highest BCUT2D eigenvalue weighted by atomic mass is 35.5. The van der Waals surface area contributed by atoms with Gasteiger partial charge in [-0.1, -0.05) is 35.0 Å². The molecule has 0 aliphatic carbocycles. The van der Waals surface area contributed by atoms with Crippen LogP contribution in [0, 0.1) is 0 Å². The first-order valence-electron chi connectivity index (χ1n) is 10.8. The van der Waals surface area contributed by atoms with Crippen molar-refractivity contribution in [2.24, 2.45) is 0 Å². The van der Waals surface area contributed by atoms with E-state index in [1.165, 1.54) is 10.9 Å². The van der Waals surface area contributed by atoms with Gasteiger partial charge in [-0.2, -0.15) is 4.98 Å². The SMILES string of the molecule is O=C(CCc1c[nH]c2ccccc12)N1CCN(Cc2nc(-c3ccc(Cl)cc3)no2)CC1. The van der Waals surface area contributed by atoms with Crippen molar-refractivity contribution in [2.75, 3.05) is 26.2 Å². The number of nitrogens with one attached hydrogen (secondary N) is 1. The molecular formula is C24H24ClN5O2. The van der Waals surface area contributed by atoms with Crippen LogP contribution in [0.5, 0.6) is 0 Å². The van der Waals surface area contributed by atoms with Crippen LogP contribution in [0.15, 0.2) is 59.3 Å². The largest absolute Gasteiger partial charge is 0.361 e. The first-order chi connectivity index (χ1) is 15.7. The molecule has 1 N–H and O–H groups in total. The van der Waals surface area contributed by atoms with Crippen molar-refractivity contribution in [3.05, 3.63) is 71.2 Å². The van der Waals surface area contributed by atoms with Gasteiger partial charge in [-0.05, 0) is 42.3 Å². The van der Waals surface area contributed by atoms with E-state index >= 15 is 0 Å². The number of fused-ring (bicyclic) bond motifs is 1. The third-order valence-corrected chi connectivity index (χ3v) is 6.19. The Morgan fingerprint density at radius 3 is 2.66 bits per heavy atom. The zero-order chi connectivity index (χ0) is 21.9. The average molecular weight is 450 g/mol. The number of benzene rings is 2. The average Bonchev–Trinajstić information content (AvgIpc) is 3.46. The zero-order valence-corrected chi connectivity index (χ0v) is 18.4. The standard InChI is InChI=1S/C24H24ClN5O2/c25-19-8-5-17(6-9-19)24-27-22(32-28-24)16-29-11-13-30(14-12-29)23(31)10-7-18-15-26-21-4-2-1-3-20(18)21/h1-6,8-9,15,26H,7,10-14,16H2. The number of carbonyl (C=O) groups is 1. The number of piperazine rings is 1. The topological polar surface area (TPSA) is 78.3 Å². The molecule has 0 radical (unpaired) electrons. The lowest BCUT2D eigenvalue weighted by atomic mass is 10.1. The van der Waals surface area contributed by atoms with Crippen LogP contribution in [0.3, 0.4) is 0 Å². The number of carbonyl (C=O) groups excluding carboxylic acids is 1. The Bertz CT molecular complexity index is 1210. The summed E-state index contributed by atoms with van der Waals surface area (Å²) in [4.78, 5) is 24.7. The molecule has 1 fully saturated rings. The van der Waals surface area contributed by atoms with Crippen LogP contribution < -0.4 is 0 Å². The van der Waals surface area contributed by atoms with Gasteiger partial charge in [0.1, 0.15) is 0 Å². The van der Waals surface area contributed by atoms with Crippen LogP contribution in [0.25, 0.3) is 22.3 Å². The normalized spacial score (nSPS) is 14.8. The Hall–Kier alpha value is -3.16. The van der Waals surface area contributed by atoms with Gasteiger partial charge < -0.3 is 14.4 Å². The molecule has 0 unspecified atom stereocenters. The Labute approximate surface area is 191 Å². The van der Waals surface area contributed by atoms with E-state index in [4.69, 9.17) is 16.1 Å². The van der Waals surface area contributed by atoms with Crippen molar-refractivity contribution >= 4 is 28.4 Å². The van der Waals surface area contributed by atoms with Gasteiger partial charge in [-0.15, -0.1) is 0 Å². The minimum Gasteiger partial charge on any atom is -0.361 e. The summed E-state index contributed by atoms with van der Waals surface area (Å²) >= 11 is 5.94. The molecule has 3 heterocycles. The molecule has 8 heteroatoms. The first kappa shape index (κ1) is 20.7. The summed E-state index contributed by atoms with van der Waals surface area (Å²) in [6, 6.07) is 15.6. The van der Waals surface area contributed by atoms with Crippen LogP contribution in [0.4, 0.5) is 0 Å². The van der Waals surface area contributed by atoms with Crippen molar-refractivity contribution in [3.8, 4) is 11.4 Å². The number of halogens is 1. The monoisotopic (exact) mass is 449 g/mol. The van der Waals surface area contributed by atoms with E-state index in [9.17, 15) is 4.79 Å². The van der Waals surface area contributed by atoms with E-state index in [1.807, 2.05) is 47.5 Å². The number of rotatable bonds is 6. The summed E-state index contributed by atoms with van der Waals surface area (Å²) < 4.78 is 5.42. The van der Waals surface area contributed by atoms with E-state index in [0.717, 1.165) is 30.6 Å². The van der Waals surface area contributed by atoms with Gasteiger partial charge in [0.2, 0.25) is 17.6 Å². The van der Waals surface area contributed by atoms with Crippen molar-refractivity contribution < 1.29 is 9.32 Å². The molecule has 1 aliphatic rings. The molecule has 0 bridgehead atoms. The van der Waals surface area contributed by atoms with Crippen molar-refractivity contribution in [2.45, 2.75) is 19.4 Å². The first-order valence-corrected chi connectivity index (χ1v) is 11.2. The summed E-state index contributed by atoms with van der Waals surface area (Å²) in [6.45, 7) is 3.59. The van der Waals surface area contributed by atoms with Gasteiger partial charge in [-0.3, -0.25) is 9.69 Å². The number of H-pyrrole nitrogens is 1. The number of hydrogen-bond donors (Lipinski definition) is 1. The highest BCUT2D eigenvalue weighted by molar-refractivity contribution is 6.30. The Balaban J connectivity index is 1.11. The molecule has 1 saturated heterocycles. The predicted octanol–water partition coefficient (Wildman–Crippen LogP) is 4.15. The van der Waals surface area contributed by atoms with Crippen LogP contribution in [0.1, 0.15) is 17.9 Å². The maximum atomic E-state index is 12.7. The van der Waals surface area contributed by atoms with Gasteiger partial charge in [-0.25, -0.2) is 0 Å². The van der Waals surface area contributed by atoms with Crippen LogP contribution in [-0.4, -0.2) is 57.0 Å². The molecule has 164 valence electrons. The lowest BCUT2D eigenvalue weighted by molar-refractivity contribution is -0.133. The molecule has 32 heavy (non-hydrogen) atoms. The smallest absolute Gasteiger partial charge is 0.241 e. The number of hydrogen-bond acceptors (Lipinski definition) is 5. The molecule has 1 aliphatic heterocycles. The minimum atomic E-state index is 0.206. The molecule has 1 amide bonds. The molecule has 0 atom stereocenters. The molecule has 7 nitrogen and oxygen atoms in total. The molecule has 4 aromatic rings. The fraction of sp³-hybridized carbons (Fsp3) is 0.292. The van der Waals surface area contributed by atoms with E-state index in [-0.39, 0.29) is 5.91 Å². The van der Waals surface area contributed by atoms with Crippen molar-refractivity contribution in [1.82, 2.24) is 24.9 Å². The molecular weight excluding hydrogens is 426 g/mol. The molecule has 5 rings (SSSR count). The maximum absolute atomic E-state index is 12.7. The van der Waals surface area contributed by atoms with Gasteiger partial charge in [0.15, 0.2) is 0 Å². The van der Waals surface area contributed by atoms with Crippen LogP contribution >= 0.6 is 11.6 Å². The highest BCUT2D eigenvalue weighted by Crippen LogP contribution is 2.21. The lowest BCUT2D eigenvalue weighted by Crippen LogP contribution is -2.48. The molecule has 2 aromatic carbocycles. The van der Waals surface area contributed by atoms with Gasteiger partial charge in [0.25, 0.3) is 0 Å². The number of para-hydroxylation sites is 1. The number of aryl methyl sites for hydroxylation is 1. The summed E-state index contributed by atoms with van der Waals surface area (Å²) in [5.41, 5.74) is 3.18. The molecule has 2 aromatic heterocycles. The number of amides is 1. The number of aromatic amines is 1. The second-order valence-electron chi connectivity index (χ2n) is 8.04. The van der Waals surface area contributed by atoms with E-state index in [0.29, 0.717) is 42.8 Å². The third-order valence-electron chi connectivity index (χ3n) is 5.94. The van der Waals surface area contributed by atoms with Crippen LogP contribution in [-0.2, 0) is 17.8 Å². The van der Waals surface area contributed by atoms with Crippen molar-refractivity contribution in [3.63, 3.8) is 0 Å². The predicted molar refractivity (Wildman–Crippen MR) is 123 cm³/mol. The zero-order valence-electron chi connectivity index (χ0n) is 17.6. The van der Waals surface area contributed by atoms with Gasteiger partial charge >= 0.3 is 0 Å². The Morgan fingerprint density at radius 1 is 1.06 bits per heavy atom. The van der Waals surface area contributed by atoms with E-state index < -0.39 is 0 Å². The van der Waals surface area contributed by atoms with Crippen molar-refractivity contribution in [1.29, 1.82) is 0 Å². The number of nitrogens with zero attached hydrogens (tertiary/aromatic N) is 4. The summed E-state index contributed by atoms with van der Waals surface area (Å²) in [6.07, 6.45) is 3.28. The molecule has 0 saturated carbocycles. The molecule has 0 spiro atoms. The van der Waals surface area contributed by atoms with E-state index in [2.05, 4.69) is 32.2 Å². The van der Waals surface area contributed by atoms with Gasteiger partial charge in [0.05, 0.1) is 6.54 Å². The van der Waals surface area contributed by atoms with Gasteiger partial charge in [0, 0.05) is 60.3 Å². The summed E-state index contributed by atoms with van der Waals surface area (Å²) in [7, 11) is 0.